The number of aliphatic carboxylic acids is 1. The van der Waals surface area contributed by atoms with Gasteiger partial charge in [0.1, 0.15) is 12.9 Å². The van der Waals surface area contributed by atoms with E-state index in [2.05, 4.69) is 9.97 Å². The van der Waals surface area contributed by atoms with Crippen LogP contribution < -0.4 is 9.64 Å². The van der Waals surface area contributed by atoms with Crippen LogP contribution in [-0.2, 0) is 4.79 Å². The number of rotatable bonds is 8. The summed E-state index contributed by atoms with van der Waals surface area (Å²) < 4.78 is 4.85. The lowest BCUT2D eigenvalue weighted by Gasteiger charge is -2.23. The van der Waals surface area contributed by atoms with Crippen LogP contribution in [0.4, 0.5) is 11.5 Å². The van der Waals surface area contributed by atoms with Gasteiger partial charge in [0.2, 0.25) is 5.82 Å². The van der Waals surface area contributed by atoms with Gasteiger partial charge in [0.05, 0.1) is 12.0 Å². The van der Waals surface area contributed by atoms with E-state index in [1.807, 2.05) is 19.0 Å². The minimum absolute atomic E-state index is 0.0731. The number of methoxy groups -OCH3 is 1. The molecule has 10 nitrogen and oxygen atoms in total. The molecule has 0 spiro atoms. The Hall–Kier alpha value is -2.49. The Kier molecular flexibility index (Phi) is 5.79. The molecule has 0 aromatic carbocycles. The van der Waals surface area contributed by atoms with Gasteiger partial charge in [-0.1, -0.05) is 0 Å². The average Bonchev–Trinajstić information content (AvgIpc) is 2.41. The van der Waals surface area contributed by atoms with Crippen LogP contribution in [0.3, 0.4) is 0 Å². The number of nitrogens with zero attached hydrogens (tertiary/aromatic N) is 5. The molecule has 0 amide bonds. The molecule has 0 radical (unpaired) electrons. The Balaban J connectivity index is 3.22. The number of nitro groups is 1. The number of hydrogen-bond donors (Lipinski definition) is 1. The predicted molar refractivity (Wildman–Crippen MR) is 73.6 cm³/mol. The van der Waals surface area contributed by atoms with Crippen molar-refractivity contribution >= 4 is 17.5 Å². The fraction of sp³-hybridized carbons (Fsp3) is 0.545. The number of hydrogen-bond acceptors (Lipinski definition) is 8. The molecule has 10 heteroatoms. The number of aromatic nitrogens is 2. The zero-order valence-electron chi connectivity index (χ0n) is 12.0. The number of likely N-dealkylation sites (N-methyl/N-ethyl adjacent to an activating group) is 1. The molecule has 0 saturated heterocycles. The van der Waals surface area contributed by atoms with Crippen molar-refractivity contribution in [2.45, 2.75) is 0 Å². The SMILES string of the molecule is COc1ncnc(N(CCN(C)C)CC(=O)O)c1[N+](=O)[O-]. The van der Waals surface area contributed by atoms with Crippen LogP contribution in [-0.4, -0.2) is 71.7 Å². The van der Waals surface area contributed by atoms with E-state index in [-0.39, 0.29) is 18.2 Å². The lowest BCUT2D eigenvalue weighted by Crippen LogP contribution is -2.36. The van der Waals surface area contributed by atoms with Crippen molar-refractivity contribution in [1.82, 2.24) is 14.9 Å². The summed E-state index contributed by atoms with van der Waals surface area (Å²) in [5.41, 5.74) is -0.444. The van der Waals surface area contributed by atoms with Crippen molar-refractivity contribution in [3.63, 3.8) is 0 Å². The van der Waals surface area contributed by atoms with Crippen molar-refractivity contribution in [2.24, 2.45) is 0 Å². The normalized spacial score (nSPS) is 10.5. The summed E-state index contributed by atoms with van der Waals surface area (Å²) in [4.78, 5) is 32.1. The summed E-state index contributed by atoms with van der Waals surface area (Å²) in [7, 11) is 4.88. The number of carboxylic acid groups (broad SMARTS) is 1. The first-order valence-electron chi connectivity index (χ1n) is 6.01. The second kappa shape index (κ2) is 7.33. The number of carboxylic acids is 1. The third-order valence-corrected chi connectivity index (χ3v) is 2.59. The molecule has 21 heavy (non-hydrogen) atoms. The van der Waals surface area contributed by atoms with Crippen molar-refractivity contribution in [3.8, 4) is 5.88 Å². The number of anilines is 1. The highest BCUT2D eigenvalue weighted by atomic mass is 16.6. The molecule has 0 saturated carbocycles. The van der Waals surface area contributed by atoms with Gasteiger partial charge in [0, 0.05) is 13.1 Å². The Morgan fingerprint density at radius 3 is 2.57 bits per heavy atom. The van der Waals surface area contributed by atoms with Gasteiger partial charge >= 0.3 is 11.7 Å². The van der Waals surface area contributed by atoms with Crippen LogP contribution >= 0.6 is 0 Å². The molecule has 0 aliphatic carbocycles. The maximum atomic E-state index is 11.2. The molecule has 1 heterocycles. The zero-order valence-corrected chi connectivity index (χ0v) is 12.0. The van der Waals surface area contributed by atoms with Gasteiger partial charge < -0.3 is 19.6 Å². The first-order chi connectivity index (χ1) is 9.86. The summed E-state index contributed by atoms with van der Waals surface area (Å²) in [6, 6.07) is 0. The molecule has 1 N–H and O–H groups in total. The molecule has 1 aromatic rings. The molecule has 1 rings (SSSR count). The van der Waals surface area contributed by atoms with Crippen LogP contribution in [0.5, 0.6) is 5.88 Å². The van der Waals surface area contributed by atoms with E-state index in [0.29, 0.717) is 6.54 Å². The third-order valence-electron chi connectivity index (χ3n) is 2.59. The molecule has 0 atom stereocenters. The van der Waals surface area contributed by atoms with Gasteiger partial charge in [0.15, 0.2) is 0 Å². The number of carbonyl (C=O) groups is 1. The van der Waals surface area contributed by atoms with Crippen LogP contribution in [0, 0.1) is 10.1 Å². The van der Waals surface area contributed by atoms with E-state index in [1.165, 1.54) is 12.0 Å². The molecule has 0 unspecified atom stereocenters. The largest absolute Gasteiger partial charge is 0.480 e. The molecule has 0 fully saturated rings. The van der Waals surface area contributed by atoms with Crippen LogP contribution in [0.25, 0.3) is 0 Å². The van der Waals surface area contributed by atoms with Crippen molar-refractivity contribution < 1.29 is 19.6 Å². The van der Waals surface area contributed by atoms with E-state index in [9.17, 15) is 14.9 Å². The van der Waals surface area contributed by atoms with Crippen LogP contribution in [0.1, 0.15) is 0 Å². The second-order valence-corrected chi connectivity index (χ2v) is 4.43. The minimum atomic E-state index is -1.11. The summed E-state index contributed by atoms with van der Waals surface area (Å²) in [6.45, 7) is 0.367. The number of ether oxygens (including phenoxy) is 1. The fourth-order valence-corrected chi connectivity index (χ4v) is 1.64. The molecule has 116 valence electrons. The Labute approximate surface area is 121 Å². The highest BCUT2D eigenvalue weighted by molar-refractivity contribution is 5.75. The van der Waals surface area contributed by atoms with Crippen molar-refractivity contribution in [1.29, 1.82) is 0 Å². The lowest BCUT2D eigenvalue weighted by molar-refractivity contribution is -0.385. The van der Waals surface area contributed by atoms with Crippen LogP contribution in [0.15, 0.2) is 6.33 Å². The summed E-state index contributed by atoms with van der Waals surface area (Å²) in [5.74, 6) is -1.39. The average molecular weight is 299 g/mol. The first kappa shape index (κ1) is 16.6. The molecule has 1 aromatic heterocycles. The maximum Gasteiger partial charge on any atom is 0.372 e. The smallest absolute Gasteiger partial charge is 0.372 e. The molecule has 0 aliphatic heterocycles. The summed E-state index contributed by atoms with van der Waals surface area (Å²) in [6.07, 6.45) is 1.10. The van der Waals surface area contributed by atoms with E-state index in [1.54, 1.807) is 0 Å². The summed E-state index contributed by atoms with van der Waals surface area (Å²) in [5, 5.41) is 20.2. The van der Waals surface area contributed by atoms with E-state index >= 15 is 0 Å². The Bertz CT molecular complexity index is 522. The highest BCUT2D eigenvalue weighted by Crippen LogP contribution is 2.32. The zero-order chi connectivity index (χ0) is 16.0. The topological polar surface area (TPSA) is 122 Å². The predicted octanol–water partition coefficient (Wildman–Crippen LogP) is -0.154. The van der Waals surface area contributed by atoms with Crippen molar-refractivity contribution in [3.05, 3.63) is 16.4 Å². The quantitative estimate of drug-likeness (QED) is 0.515. The standard InChI is InChI=1S/C11H17N5O5/c1-14(2)4-5-15(6-8(17)18)10-9(16(19)20)11(21-3)13-7-12-10/h7H,4-6H2,1-3H3,(H,17,18). The van der Waals surface area contributed by atoms with Crippen LogP contribution in [0.2, 0.25) is 0 Å². The highest BCUT2D eigenvalue weighted by Gasteiger charge is 2.28. The lowest BCUT2D eigenvalue weighted by atomic mass is 10.3. The molecule has 0 bridgehead atoms. The Morgan fingerprint density at radius 2 is 2.10 bits per heavy atom. The van der Waals surface area contributed by atoms with Gasteiger partial charge in [-0.3, -0.25) is 14.9 Å². The van der Waals surface area contributed by atoms with Gasteiger partial charge in [-0.15, -0.1) is 0 Å². The molecule has 0 aliphatic rings. The van der Waals surface area contributed by atoms with Crippen molar-refractivity contribution in [2.75, 3.05) is 45.7 Å². The minimum Gasteiger partial charge on any atom is -0.480 e. The third kappa shape index (κ3) is 4.53. The monoisotopic (exact) mass is 299 g/mol. The van der Waals surface area contributed by atoms with Gasteiger partial charge in [0.25, 0.3) is 5.88 Å². The van der Waals surface area contributed by atoms with E-state index in [4.69, 9.17) is 9.84 Å². The Morgan fingerprint density at radius 1 is 1.43 bits per heavy atom. The van der Waals surface area contributed by atoms with Gasteiger partial charge in [-0.25, -0.2) is 4.98 Å². The fourth-order valence-electron chi connectivity index (χ4n) is 1.64. The summed E-state index contributed by atoms with van der Waals surface area (Å²) >= 11 is 0. The first-order valence-corrected chi connectivity index (χ1v) is 6.01. The maximum absolute atomic E-state index is 11.2. The van der Waals surface area contributed by atoms with Gasteiger partial charge in [-0.05, 0) is 14.1 Å². The molecular weight excluding hydrogens is 282 g/mol. The second-order valence-electron chi connectivity index (χ2n) is 4.43. The van der Waals surface area contributed by atoms with E-state index in [0.717, 1.165) is 6.33 Å². The van der Waals surface area contributed by atoms with E-state index < -0.39 is 23.1 Å². The molecular formula is C11H17N5O5. The van der Waals surface area contributed by atoms with Gasteiger partial charge in [-0.2, -0.15) is 4.98 Å².